The van der Waals surface area contributed by atoms with E-state index in [1.165, 1.54) is 18.2 Å². The second-order valence-electron chi connectivity index (χ2n) is 5.67. The number of imidazole rings is 1. The van der Waals surface area contributed by atoms with Gasteiger partial charge in [-0.3, -0.25) is 9.48 Å². The molecule has 1 N–H and O–H groups in total. The van der Waals surface area contributed by atoms with Crippen molar-refractivity contribution in [3.05, 3.63) is 77.9 Å². The number of nitrogens with one attached hydrogen (secondary N) is 1. The zero-order valence-electron chi connectivity index (χ0n) is 13.9. The van der Waals surface area contributed by atoms with Crippen LogP contribution in [0.4, 0.5) is 4.39 Å². The first-order chi connectivity index (χ1) is 12.0. The number of aryl methyl sites for hydroxylation is 2. The molecule has 128 valence electrons. The molecule has 3 aromatic rings. The average Bonchev–Trinajstić information content (AvgIpc) is 3.19. The van der Waals surface area contributed by atoms with Gasteiger partial charge in [-0.15, -0.1) is 0 Å². The molecule has 1 aromatic carbocycles. The summed E-state index contributed by atoms with van der Waals surface area (Å²) < 4.78 is 17.1. The second kappa shape index (κ2) is 7.12. The molecule has 2 aromatic heterocycles. The first-order valence-electron chi connectivity index (χ1n) is 7.73. The van der Waals surface area contributed by atoms with Crippen molar-refractivity contribution in [3.8, 4) is 0 Å². The summed E-state index contributed by atoms with van der Waals surface area (Å²) in [6.45, 7) is 0. The van der Waals surface area contributed by atoms with E-state index in [0.717, 1.165) is 5.56 Å². The fraction of sp³-hybridized carbons (Fsp3) is 0.167. The van der Waals surface area contributed by atoms with Gasteiger partial charge >= 0.3 is 0 Å². The molecule has 0 radical (unpaired) electrons. The Morgan fingerprint density at radius 2 is 2.20 bits per heavy atom. The number of benzene rings is 1. The number of hydrogen-bond acceptors (Lipinski definition) is 3. The molecule has 2 heterocycles. The number of nitrogens with zero attached hydrogens (tertiary/aromatic N) is 4. The number of carbonyl (C=O) groups excluding carboxylic acids is 1. The Labute approximate surface area is 144 Å². The highest BCUT2D eigenvalue weighted by Gasteiger charge is 2.20. The Hall–Kier alpha value is -3.22. The SMILES string of the molecule is Cn1cc(/C=C/C(=O)N[C@@H](c2cccc(F)c2)c2nccn2C)cn1. The van der Waals surface area contributed by atoms with Crippen molar-refractivity contribution in [1.82, 2.24) is 24.6 Å². The van der Waals surface area contributed by atoms with Crippen LogP contribution >= 0.6 is 0 Å². The molecule has 0 aliphatic rings. The van der Waals surface area contributed by atoms with E-state index in [2.05, 4.69) is 15.4 Å². The molecule has 7 heteroatoms. The number of halogens is 1. The van der Waals surface area contributed by atoms with Crippen LogP contribution in [0, 0.1) is 5.82 Å². The Bertz CT molecular complexity index is 912. The highest BCUT2D eigenvalue weighted by Crippen LogP contribution is 2.21. The van der Waals surface area contributed by atoms with Gasteiger partial charge in [-0.2, -0.15) is 5.10 Å². The lowest BCUT2D eigenvalue weighted by Crippen LogP contribution is -2.29. The lowest BCUT2D eigenvalue weighted by Gasteiger charge is -2.18. The van der Waals surface area contributed by atoms with Crippen LogP contribution in [0.2, 0.25) is 0 Å². The van der Waals surface area contributed by atoms with Gasteiger partial charge in [0, 0.05) is 44.3 Å². The maximum absolute atomic E-state index is 13.6. The van der Waals surface area contributed by atoms with Crippen molar-refractivity contribution < 1.29 is 9.18 Å². The van der Waals surface area contributed by atoms with Crippen LogP contribution in [-0.2, 0) is 18.9 Å². The van der Waals surface area contributed by atoms with Crippen LogP contribution in [0.1, 0.15) is 23.0 Å². The van der Waals surface area contributed by atoms with E-state index in [1.807, 2.05) is 7.05 Å². The van der Waals surface area contributed by atoms with E-state index in [9.17, 15) is 9.18 Å². The van der Waals surface area contributed by atoms with Crippen molar-refractivity contribution in [3.63, 3.8) is 0 Å². The molecule has 0 saturated carbocycles. The zero-order valence-corrected chi connectivity index (χ0v) is 13.9. The Morgan fingerprint density at radius 3 is 2.84 bits per heavy atom. The van der Waals surface area contributed by atoms with E-state index in [4.69, 9.17) is 0 Å². The molecule has 0 bridgehead atoms. The third-order valence-electron chi connectivity index (χ3n) is 3.74. The Kier molecular flexibility index (Phi) is 4.74. The smallest absolute Gasteiger partial charge is 0.244 e. The van der Waals surface area contributed by atoms with Gasteiger partial charge in [0.25, 0.3) is 0 Å². The monoisotopic (exact) mass is 339 g/mol. The largest absolute Gasteiger partial charge is 0.339 e. The van der Waals surface area contributed by atoms with Crippen molar-refractivity contribution in [2.24, 2.45) is 14.1 Å². The predicted octanol–water partition coefficient (Wildman–Crippen LogP) is 2.21. The summed E-state index contributed by atoms with van der Waals surface area (Å²) in [5.74, 6) is -0.0493. The number of carbonyl (C=O) groups is 1. The minimum Gasteiger partial charge on any atom is -0.339 e. The van der Waals surface area contributed by atoms with Gasteiger partial charge < -0.3 is 9.88 Å². The maximum atomic E-state index is 13.6. The van der Waals surface area contributed by atoms with E-state index < -0.39 is 6.04 Å². The van der Waals surface area contributed by atoms with E-state index in [0.29, 0.717) is 11.4 Å². The van der Waals surface area contributed by atoms with Crippen LogP contribution in [0.25, 0.3) is 6.08 Å². The lowest BCUT2D eigenvalue weighted by atomic mass is 10.1. The predicted molar refractivity (Wildman–Crippen MR) is 91.8 cm³/mol. The molecule has 3 rings (SSSR count). The fourth-order valence-electron chi connectivity index (χ4n) is 2.53. The molecule has 25 heavy (non-hydrogen) atoms. The molecule has 0 fully saturated rings. The van der Waals surface area contributed by atoms with Crippen LogP contribution in [-0.4, -0.2) is 25.2 Å². The Morgan fingerprint density at radius 1 is 1.36 bits per heavy atom. The standard InChI is InChI=1S/C18H18FN5O/c1-23-9-8-20-18(23)17(14-4-3-5-15(19)10-14)22-16(25)7-6-13-11-21-24(2)12-13/h3-12,17H,1-2H3,(H,22,25)/b7-6+/t17-/m0/s1. The summed E-state index contributed by atoms with van der Waals surface area (Å²) in [5, 5.41) is 6.92. The summed E-state index contributed by atoms with van der Waals surface area (Å²) in [5.41, 5.74) is 1.44. The normalized spacial score (nSPS) is 12.4. The highest BCUT2D eigenvalue weighted by atomic mass is 19.1. The van der Waals surface area contributed by atoms with Gasteiger partial charge in [0.1, 0.15) is 17.7 Å². The Balaban J connectivity index is 1.84. The van der Waals surface area contributed by atoms with Gasteiger partial charge in [-0.05, 0) is 23.8 Å². The first kappa shape index (κ1) is 16.6. The molecular formula is C18H18FN5O. The summed E-state index contributed by atoms with van der Waals surface area (Å²) in [6.07, 6.45) is 9.97. The second-order valence-corrected chi connectivity index (χ2v) is 5.67. The highest BCUT2D eigenvalue weighted by molar-refractivity contribution is 5.92. The quantitative estimate of drug-likeness (QED) is 0.725. The maximum Gasteiger partial charge on any atom is 0.244 e. The zero-order chi connectivity index (χ0) is 17.8. The third-order valence-corrected chi connectivity index (χ3v) is 3.74. The van der Waals surface area contributed by atoms with Gasteiger partial charge in [0.15, 0.2) is 0 Å². The molecule has 0 saturated heterocycles. The van der Waals surface area contributed by atoms with Crippen molar-refractivity contribution >= 4 is 12.0 Å². The number of rotatable bonds is 5. The molecule has 1 amide bonds. The third kappa shape index (κ3) is 4.00. The van der Waals surface area contributed by atoms with Crippen LogP contribution < -0.4 is 5.32 Å². The first-order valence-corrected chi connectivity index (χ1v) is 7.73. The van der Waals surface area contributed by atoms with E-state index in [-0.39, 0.29) is 11.7 Å². The van der Waals surface area contributed by atoms with Crippen LogP contribution in [0.3, 0.4) is 0 Å². The molecule has 0 aliphatic carbocycles. The minimum atomic E-state index is -0.554. The summed E-state index contributed by atoms with van der Waals surface area (Å²) in [4.78, 5) is 16.6. The molecule has 0 unspecified atom stereocenters. The summed E-state index contributed by atoms with van der Waals surface area (Å²) >= 11 is 0. The minimum absolute atomic E-state index is 0.305. The van der Waals surface area contributed by atoms with Crippen molar-refractivity contribution in [1.29, 1.82) is 0 Å². The summed E-state index contributed by atoms with van der Waals surface area (Å²) in [7, 11) is 3.63. The lowest BCUT2D eigenvalue weighted by molar-refractivity contribution is -0.117. The van der Waals surface area contributed by atoms with Crippen molar-refractivity contribution in [2.45, 2.75) is 6.04 Å². The average molecular weight is 339 g/mol. The number of aromatic nitrogens is 4. The van der Waals surface area contributed by atoms with Gasteiger partial charge in [0.05, 0.1) is 6.20 Å². The molecule has 0 aliphatic heterocycles. The molecule has 6 nitrogen and oxygen atoms in total. The fourth-order valence-corrected chi connectivity index (χ4v) is 2.53. The van der Waals surface area contributed by atoms with Crippen molar-refractivity contribution in [2.75, 3.05) is 0 Å². The molecular weight excluding hydrogens is 321 g/mol. The van der Waals surface area contributed by atoms with E-state index >= 15 is 0 Å². The van der Waals surface area contributed by atoms with Crippen LogP contribution in [0.5, 0.6) is 0 Å². The topological polar surface area (TPSA) is 64.7 Å². The van der Waals surface area contributed by atoms with E-state index in [1.54, 1.807) is 59.3 Å². The van der Waals surface area contributed by atoms with Gasteiger partial charge in [0.2, 0.25) is 5.91 Å². The van der Waals surface area contributed by atoms with Gasteiger partial charge in [-0.25, -0.2) is 9.37 Å². The summed E-state index contributed by atoms with van der Waals surface area (Å²) in [6, 6.07) is 5.57. The van der Waals surface area contributed by atoms with Gasteiger partial charge in [-0.1, -0.05) is 12.1 Å². The number of amides is 1. The van der Waals surface area contributed by atoms with Crippen LogP contribution in [0.15, 0.2) is 55.1 Å². The molecule has 0 spiro atoms. The molecule has 1 atom stereocenters. The number of hydrogen-bond donors (Lipinski definition) is 1.